The number of hydrogen-bond acceptors (Lipinski definition) is 3. The van der Waals surface area contributed by atoms with Gasteiger partial charge in [0, 0.05) is 30.4 Å². The van der Waals surface area contributed by atoms with Crippen molar-refractivity contribution in [2.45, 2.75) is 33.2 Å². The van der Waals surface area contributed by atoms with Crippen LogP contribution >= 0.6 is 0 Å². The Morgan fingerprint density at radius 2 is 2.06 bits per heavy atom. The summed E-state index contributed by atoms with van der Waals surface area (Å²) in [5.74, 6) is 0.0264. The number of carbonyl (C=O) groups excluding carboxylic acids is 1. The van der Waals surface area contributed by atoms with Crippen LogP contribution in [-0.4, -0.2) is 24.5 Å². The van der Waals surface area contributed by atoms with Gasteiger partial charge in [-0.25, -0.2) is 13.6 Å². The van der Waals surface area contributed by atoms with E-state index in [2.05, 4.69) is 0 Å². The molecule has 1 aromatic heterocycles. The van der Waals surface area contributed by atoms with Gasteiger partial charge in [-0.1, -0.05) is 13.8 Å². The van der Waals surface area contributed by atoms with E-state index >= 15 is 0 Å². The van der Waals surface area contributed by atoms with Gasteiger partial charge in [-0.15, -0.1) is 0 Å². The van der Waals surface area contributed by atoms with Gasteiger partial charge in [-0.2, -0.15) is 0 Å². The molecule has 5 nitrogen and oxygen atoms in total. The number of nitrogens with two attached hydrogens (primary N) is 1. The summed E-state index contributed by atoms with van der Waals surface area (Å²) in [6.45, 7) is 4.40. The molecule has 0 aromatic carbocycles. The minimum absolute atomic E-state index is 0.0677. The van der Waals surface area contributed by atoms with E-state index < -0.39 is 10.0 Å². The molecule has 0 saturated heterocycles. The first-order chi connectivity index (χ1) is 8.18. The number of nitrogens with zero attached hydrogens (tertiary/aromatic N) is 1. The van der Waals surface area contributed by atoms with E-state index in [1.807, 2.05) is 18.4 Å². The fourth-order valence-electron chi connectivity index (χ4n) is 2.44. The van der Waals surface area contributed by atoms with Gasteiger partial charge < -0.3 is 4.57 Å². The number of aryl methyl sites for hydroxylation is 1. The normalized spacial score (nSPS) is 18.7. The SMILES string of the molecule is CC1(C)CC(=O)c2ccn(CCS(N)(=O)=O)c2C1. The number of rotatable bonds is 3. The molecule has 0 unspecified atom stereocenters. The van der Waals surface area contributed by atoms with Crippen molar-refractivity contribution in [1.29, 1.82) is 0 Å². The van der Waals surface area contributed by atoms with Crippen molar-refractivity contribution >= 4 is 15.8 Å². The summed E-state index contributed by atoms with van der Waals surface area (Å²) in [4.78, 5) is 12.0. The molecule has 0 fully saturated rings. The van der Waals surface area contributed by atoms with E-state index in [1.165, 1.54) is 0 Å². The van der Waals surface area contributed by atoms with Gasteiger partial charge in [0.1, 0.15) is 0 Å². The average molecular weight is 270 g/mol. The molecule has 2 rings (SSSR count). The summed E-state index contributed by atoms with van der Waals surface area (Å²) >= 11 is 0. The first kappa shape index (κ1) is 13.3. The van der Waals surface area contributed by atoms with Crippen LogP contribution in [0.3, 0.4) is 0 Å². The molecule has 1 aliphatic rings. The third kappa shape index (κ3) is 2.81. The minimum Gasteiger partial charge on any atom is -0.350 e. The van der Waals surface area contributed by atoms with Crippen LogP contribution in [0.5, 0.6) is 0 Å². The van der Waals surface area contributed by atoms with Crippen molar-refractivity contribution < 1.29 is 13.2 Å². The predicted molar refractivity (Wildman–Crippen MR) is 68.8 cm³/mol. The first-order valence-corrected chi connectivity index (χ1v) is 7.61. The molecule has 0 radical (unpaired) electrons. The average Bonchev–Trinajstić information content (AvgIpc) is 2.55. The molecule has 1 aliphatic carbocycles. The number of primary sulfonamides is 1. The number of Topliss-reactive ketones (excluding diaryl/α,β-unsaturated/α-hetero) is 1. The lowest BCUT2D eigenvalue weighted by molar-refractivity contribution is 0.0910. The smallest absolute Gasteiger partial charge is 0.210 e. The zero-order chi connectivity index (χ0) is 13.6. The second-order valence-electron chi connectivity index (χ2n) is 5.68. The molecule has 0 saturated carbocycles. The number of carbonyl (C=O) groups is 1. The molecule has 0 amide bonds. The predicted octanol–water partition coefficient (Wildman–Crippen LogP) is 0.932. The molecule has 0 atom stereocenters. The van der Waals surface area contributed by atoms with Gasteiger partial charge in [0.05, 0.1) is 5.75 Å². The van der Waals surface area contributed by atoms with Crippen molar-refractivity contribution in [3.05, 3.63) is 23.5 Å². The fraction of sp³-hybridized carbons (Fsp3) is 0.583. The van der Waals surface area contributed by atoms with Gasteiger partial charge in [0.15, 0.2) is 5.78 Å². The Bertz CT molecular complexity index is 584. The minimum atomic E-state index is -3.47. The lowest BCUT2D eigenvalue weighted by Crippen LogP contribution is -2.29. The third-order valence-electron chi connectivity index (χ3n) is 3.28. The zero-order valence-electron chi connectivity index (χ0n) is 10.6. The van der Waals surface area contributed by atoms with Gasteiger partial charge in [0.2, 0.25) is 10.0 Å². The largest absolute Gasteiger partial charge is 0.350 e. The highest BCUT2D eigenvalue weighted by Gasteiger charge is 2.32. The second-order valence-corrected chi connectivity index (χ2v) is 7.41. The number of aromatic nitrogens is 1. The van der Waals surface area contributed by atoms with Gasteiger partial charge in [-0.05, 0) is 17.9 Å². The number of sulfonamides is 1. The molecular weight excluding hydrogens is 252 g/mol. The first-order valence-electron chi connectivity index (χ1n) is 5.90. The monoisotopic (exact) mass is 270 g/mol. The van der Waals surface area contributed by atoms with Crippen molar-refractivity contribution in [3.8, 4) is 0 Å². The molecule has 6 heteroatoms. The molecule has 18 heavy (non-hydrogen) atoms. The highest BCUT2D eigenvalue weighted by atomic mass is 32.2. The lowest BCUT2D eigenvalue weighted by Gasteiger charge is -2.29. The Labute approximate surface area is 107 Å². The van der Waals surface area contributed by atoms with Crippen molar-refractivity contribution in [2.24, 2.45) is 10.6 Å². The summed E-state index contributed by atoms with van der Waals surface area (Å²) in [6.07, 6.45) is 3.10. The number of hydrogen-bond donors (Lipinski definition) is 1. The van der Waals surface area contributed by atoms with Gasteiger partial charge >= 0.3 is 0 Å². The topological polar surface area (TPSA) is 82.2 Å². The summed E-state index contributed by atoms with van der Waals surface area (Å²) in [6, 6.07) is 1.77. The van der Waals surface area contributed by atoms with Crippen LogP contribution in [0.2, 0.25) is 0 Å². The van der Waals surface area contributed by atoms with Crippen molar-refractivity contribution in [1.82, 2.24) is 4.57 Å². The van der Waals surface area contributed by atoms with E-state index in [1.54, 1.807) is 12.3 Å². The van der Waals surface area contributed by atoms with Crippen molar-refractivity contribution in [3.63, 3.8) is 0 Å². The highest BCUT2D eigenvalue weighted by Crippen LogP contribution is 2.35. The molecule has 0 spiro atoms. The van der Waals surface area contributed by atoms with Crippen LogP contribution in [0.1, 0.15) is 36.3 Å². The summed E-state index contributed by atoms with van der Waals surface area (Å²) in [5.41, 5.74) is 1.59. The van der Waals surface area contributed by atoms with E-state index in [0.29, 0.717) is 13.0 Å². The van der Waals surface area contributed by atoms with Gasteiger partial charge in [-0.3, -0.25) is 4.79 Å². The lowest BCUT2D eigenvalue weighted by atomic mass is 9.76. The Morgan fingerprint density at radius 1 is 1.39 bits per heavy atom. The highest BCUT2D eigenvalue weighted by molar-refractivity contribution is 7.89. The quantitative estimate of drug-likeness (QED) is 0.887. The van der Waals surface area contributed by atoms with Crippen LogP contribution in [0, 0.1) is 5.41 Å². The molecular formula is C12H18N2O3S. The Hall–Kier alpha value is -1.14. The van der Waals surface area contributed by atoms with E-state index in [9.17, 15) is 13.2 Å². The molecule has 0 bridgehead atoms. The van der Waals surface area contributed by atoms with Crippen LogP contribution in [-0.2, 0) is 23.0 Å². The standard InChI is InChI=1S/C12H18N2O3S/c1-12(2)7-10-9(11(15)8-12)3-4-14(10)5-6-18(13,16)17/h3-4H,5-8H2,1-2H3,(H2,13,16,17). The maximum absolute atomic E-state index is 12.0. The number of ketones is 1. The second kappa shape index (κ2) is 4.20. The Balaban J connectivity index is 2.28. The molecule has 2 N–H and O–H groups in total. The molecule has 100 valence electrons. The summed E-state index contributed by atoms with van der Waals surface area (Å²) < 4.78 is 23.8. The number of fused-ring (bicyclic) bond motifs is 1. The van der Waals surface area contributed by atoms with E-state index in [0.717, 1.165) is 17.7 Å². The van der Waals surface area contributed by atoms with Gasteiger partial charge in [0.25, 0.3) is 0 Å². The third-order valence-corrected chi connectivity index (χ3v) is 4.03. The molecule has 1 heterocycles. The van der Waals surface area contributed by atoms with Crippen LogP contribution < -0.4 is 5.14 Å². The maximum atomic E-state index is 12.0. The van der Waals surface area contributed by atoms with E-state index in [-0.39, 0.29) is 17.0 Å². The van der Waals surface area contributed by atoms with E-state index in [4.69, 9.17) is 5.14 Å². The van der Waals surface area contributed by atoms with Crippen LogP contribution in [0.25, 0.3) is 0 Å². The molecule has 0 aliphatic heterocycles. The Morgan fingerprint density at radius 3 is 2.67 bits per heavy atom. The fourth-order valence-corrected chi connectivity index (χ4v) is 2.89. The van der Waals surface area contributed by atoms with Crippen molar-refractivity contribution in [2.75, 3.05) is 5.75 Å². The summed E-state index contributed by atoms with van der Waals surface area (Å²) in [5, 5.41) is 5.00. The van der Waals surface area contributed by atoms with Crippen LogP contribution in [0.4, 0.5) is 0 Å². The summed E-state index contributed by atoms with van der Waals surface area (Å²) in [7, 11) is -3.47. The van der Waals surface area contributed by atoms with Crippen LogP contribution in [0.15, 0.2) is 12.3 Å². The molecule has 1 aromatic rings. The Kier molecular flexibility index (Phi) is 3.11. The maximum Gasteiger partial charge on any atom is 0.210 e. The zero-order valence-corrected chi connectivity index (χ0v) is 11.5.